The summed E-state index contributed by atoms with van der Waals surface area (Å²) in [6, 6.07) is 3.96. The SMILES string of the molecule is CCc1c(C2CNCCN2C(=O)OC(C)(C)C)c(=O)n2nc(-c3cc4c(s3)COCC43CC3)nc2n1CC(=O)Nc1ccc(C(F)(F)F)cc1Cl. The van der Waals surface area contributed by atoms with Gasteiger partial charge in [0.25, 0.3) is 5.56 Å². The van der Waals surface area contributed by atoms with Crippen LogP contribution in [0, 0.1) is 0 Å². The topological polar surface area (TPSA) is 132 Å². The molecule has 5 heterocycles. The van der Waals surface area contributed by atoms with E-state index in [0.29, 0.717) is 31.3 Å². The van der Waals surface area contributed by atoms with Crippen LogP contribution in [0.3, 0.4) is 0 Å². The number of nitrogens with zero attached hydrogens (tertiary/aromatic N) is 5. The number of carbonyl (C=O) groups is 2. The normalized spacial score (nSPS) is 18.6. The summed E-state index contributed by atoms with van der Waals surface area (Å²) in [6.45, 7) is 8.83. The number of aromatic nitrogens is 4. The number of thiophene rings is 1. The molecule has 4 aromatic rings. The number of carbonyl (C=O) groups excluding carboxylic acids is 2. The van der Waals surface area contributed by atoms with Crippen LogP contribution >= 0.6 is 22.9 Å². The number of benzene rings is 1. The molecule has 3 aromatic heterocycles. The van der Waals surface area contributed by atoms with Crippen molar-refractivity contribution in [2.24, 2.45) is 0 Å². The van der Waals surface area contributed by atoms with Crippen molar-refractivity contribution in [2.75, 3.05) is 31.6 Å². The predicted octanol–water partition coefficient (Wildman–Crippen LogP) is 5.94. The van der Waals surface area contributed by atoms with E-state index in [9.17, 15) is 27.6 Å². The highest BCUT2D eigenvalue weighted by molar-refractivity contribution is 7.15. The number of ether oxygens (including phenoxy) is 2. The molecule has 7 rings (SSSR count). The molecular weight excluding hydrogens is 711 g/mol. The number of fused-ring (bicyclic) bond motifs is 3. The van der Waals surface area contributed by atoms with Gasteiger partial charge in [-0.15, -0.1) is 16.4 Å². The average molecular weight is 748 g/mol. The number of alkyl halides is 3. The Bertz CT molecular complexity index is 2100. The number of nitrogens with one attached hydrogen (secondary N) is 2. The van der Waals surface area contributed by atoms with Crippen LogP contribution in [0.2, 0.25) is 5.02 Å². The zero-order chi connectivity index (χ0) is 36.5. The molecule has 1 spiro atoms. The number of hydrogen-bond donors (Lipinski definition) is 2. The molecule has 1 unspecified atom stereocenters. The molecule has 1 saturated carbocycles. The second-order valence-corrected chi connectivity index (χ2v) is 15.7. The van der Waals surface area contributed by atoms with Crippen LogP contribution in [0.15, 0.2) is 29.1 Å². The second kappa shape index (κ2) is 12.9. The first-order valence-electron chi connectivity index (χ1n) is 16.7. The van der Waals surface area contributed by atoms with Crippen molar-refractivity contribution >= 4 is 46.4 Å². The van der Waals surface area contributed by atoms with Crippen molar-refractivity contribution in [1.82, 2.24) is 29.4 Å². The highest BCUT2D eigenvalue weighted by atomic mass is 35.5. The summed E-state index contributed by atoms with van der Waals surface area (Å²) in [6.07, 6.45) is -2.87. The number of hydrogen-bond acceptors (Lipinski definition) is 9. The zero-order valence-corrected chi connectivity index (χ0v) is 30.0. The van der Waals surface area contributed by atoms with Crippen LogP contribution in [0.5, 0.6) is 0 Å². The fraction of sp³-hybridized carbons (Fsp3) is 0.500. The molecule has 2 aliphatic heterocycles. The molecule has 0 radical (unpaired) electrons. The van der Waals surface area contributed by atoms with E-state index in [1.807, 2.05) is 6.92 Å². The molecule has 12 nitrogen and oxygen atoms in total. The monoisotopic (exact) mass is 747 g/mol. The van der Waals surface area contributed by atoms with E-state index in [1.165, 1.54) is 21.8 Å². The molecule has 1 atom stereocenters. The largest absolute Gasteiger partial charge is 0.444 e. The van der Waals surface area contributed by atoms with Crippen molar-refractivity contribution < 1.29 is 32.2 Å². The van der Waals surface area contributed by atoms with Gasteiger partial charge in [0.2, 0.25) is 11.7 Å². The van der Waals surface area contributed by atoms with Crippen LogP contribution in [-0.2, 0) is 45.4 Å². The van der Waals surface area contributed by atoms with E-state index >= 15 is 0 Å². The summed E-state index contributed by atoms with van der Waals surface area (Å²) in [5, 5.41) is 10.3. The summed E-state index contributed by atoms with van der Waals surface area (Å²) in [4.78, 5) is 49.8. The highest BCUT2D eigenvalue weighted by Crippen LogP contribution is 2.54. The quantitative estimate of drug-likeness (QED) is 0.248. The Morgan fingerprint density at radius 2 is 1.98 bits per heavy atom. The third kappa shape index (κ3) is 6.74. The molecule has 272 valence electrons. The molecule has 1 aliphatic carbocycles. The van der Waals surface area contributed by atoms with Crippen molar-refractivity contribution in [3.63, 3.8) is 0 Å². The standard InChI is InChI=1S/C34H37ClF3N7O5S/c1-5-22-27(23-14-39-10-11-43(23)31(48)50-32(2,3)4)29(47)45-30(41-28(42-45)24-13-19-25(51-24)16-49-17-33(19)8-9-33)44(22)15-26(46)40-21-7-6-18(12-20(21)35)34(36,37)38/h6-7,12-13,23,39H,5,8-11,14-17H2,1-4H3,(H,40,46). The Morgan fingerprint density at radius 3 is 2.65 bits per heavy atom. The van der Waals surface area contributed by atoms with Crippen molar-refractivity contribution in [1.29, 1.82) is 0 Å². The summed E-state index contributed by atoms with van der Waals surface area (Å²) in [5.41, 5.74) is -0.335. The molecule has 2 amide bonds. The number of amides is 2. The Hall–Kier alpha value is -3.99. The lowest BCUT2D eigenvalue weighted by Crippen LogP contribution is -2.52. The number of anilines is 1. The van der Waals surface area contributed by atoms with E-state index in [-0.39, 0.29) is 53.5 Å². The van der Waals surface area contributed by atoms with Gasteiger partial charge in [-0.05, 0) is 69.9 Å². The third-order valence-electron chi connectivity index (χ3n) is 9.37. The minimum atomic E-state index is -4.61. The van der Waals surface area contributed by atoms with Gasteiger partial charge in [-0.2, -0.15) is 22.7 Å². The van der Waals surface area contributed by atoms with Gasteiger partial charge in [0.05, 0.1) is 46.0 Å². The maximum absolute atomic E-state index is 14.5. The summed E-state index contributed by atoms with van der Waals surface area (Å²) in [7, 11) is 0. The maximum Gasteiger partial charge on any atom is 0.416 e. The number of halogens is 4. The Morgan fingerprint density at radius 1 is 1.22 bits per heavy atom. The summed E-state index contributed by atoms with van der Waals surface area (Å²) >= 11 is 7.66. The number of rotatable bonds is 6. The summed E-state index contributed by atoms with van der Waals surface area (Å²) < 4.78 is 54.1. The van der Waals surface area contributed by atoms with Gasteiger partial charge in [-0.1, -0.05) is 18.5 Å². The molecule has 17 heteroatoms. The molecule has 51 heavy (non-hydrogen) atoms. The highest BCUT2D eigenvalue weighted by Gasteiger charge is 2.49. The lowest BCUT2D eigenvalue weighted by atomic mass is 9.95. The number of piperazine rings is 1. The zero-order valence-electron chi connectivity index (χ0n) is 28.4. The van der Waals surface area contributed by atoms with Gasteiger partial charge >= 0.3 is 12.3 Å². The van der Waals surface area contributed by atoms with Crippen LogP contribution in [-0.4, -0.2) is 67.9 Å². The van der Waals surface area contributed by atoms with Gasteiger partial charge in [-0.3, -0.25) is 14.5 Å². The van der Waals surface area contributed by atoms with E-state index in [0.717, 1.165) is 45.3 Å². The fourth-order valence-electron chi connectivity index (χ4n) is 6.81. The third-order valence-corrected chi connectivity index (χ3v) is 10.8. The molecule has 2 N–H and O–H groups in total. The maximum atomic E-state index is 14.5. The van der Waals surface area contributed by atoms with E-state index in [2.05, 4.69) is 21.8 Å². The molecule has 1 saturated heterocycles. The first kappa shape index (κ1) is 35.4. The van der Waals surface area contributed by atoms with Gasteiger partial charge < -0.3 is 24.7 Å². The predicted molar refractivity (Wildman–Crippen MR) is 184 cm³/mol. The van der Waals surface area contributed by atoms with Crippen LogP contribution in [0.25, 0.3) is 16.5 Å². The molecule has 3 aliphatic rings. The van der Waals surface area contributed by atoms with Gasteiger partial charge in [-0.25, -0.2) is 4.79 Å². The van der Waals surface area contributed by atoms with Gasteiger partial charge in [0.1, 0.15) is 12.1 Å². The smallest absolute Gasteiger partial charge is 0.416 e. The lowest BCUT2D eigenvalue weighted by molar-refractivity contribution is -0.137. The van der Waals surface area contributed by atoms with Crippen LogP contribution in [0.4, 0.5) is 23.7 Å². The van der Waals surface area contributed by atoms with E-state index in [4.69, 9.17) is 26.1 Å². The average Bonchev–Trinajstić information content (AvgIpc) is 3.45. The van der Waals surface area contributed by atoms with Crippen molar-refractivity contribution in [3.05, 3.63) is 66.9 Å². The first-order valence-corrected chi connectivity index (χ1v) is 17.9. The van der Waals surface area contributed by atoms with Gasteiger partial charge in [0.15, 0.2) is 5.82 Å². The van der Waals surface area contributed by atoms with Crippen LogP contribution in [0.1, 0.15) is 73.8 Å². The summed E-state index contributed by atoms with van der Waals surface area (Å²) in [5.74, 6) is -0.231. The lowest BCUT2D eigenvalue weighted by Gasteiger charge is -2.38. The first-order chi connectivity index (χ1) is 24.1. The minimum absolute atomic E-state index is 0.00438. The molecule has 0 bridgehead atoms. The Kier molecular flexibility index (Phi) is 8.96. The Balaban J connectivity index is 1.34. The second-order valence-electron chi connectivity index (χ2n) is 14.1. The Labute approximate surface area is 299 Å². The van der Waals surface area contributed by atoms with E-state index in [1.54, 1.807) is 25.3 Å². The molecule has 2 fully saturated rings. The fourth-order valence-corrected chi connectivity index (χ4v) is 8.18. The minimum Gasteiger partial charge on any atom is -0.444 e. The molecule has 1 aromatic carbocycles. The van der Waals surface area contributed by atoms with Gasteiger partial charge in [0, 0.05) is 35.6 Å². The molecular formula is C34H37ClF3N7O5S. The van der Waals surface area contributed by atoms with E-state index < -0.39 is 40.9 Å². The van der Waals surface area contributed by atoms with Crippen molar-refractivity contribution in [3.8, 4) is 10.7 Å². The van der Waals surface area contributed by atoms with Crippen molar-refractivity contribution in [2.45, 2.75) is 83.3 Å². The van der Waals surface area contributed by atoms with Crippen LogP contribution < -0.4 is 16.2 Å².